The molecule has 0 unspecified atom stereocenters. The van der Waals surface area contributed by atoms with Gasteiger partial charge in [0.05, 0.1) is 6.42 Å². The number of furan rings is 1. The molecule has 0 spiro atoms. The predicted octanol–water partition coefficient (Wildman–Crippen LogP) is 3.53. The molecule has 1 aromatic heterocycles. The van der Waals surface area contributed by atoms with Gasteiger partial charge in [-0.05, 0) is 37.6 Å². The first-order valence-corrected chi connectivity index (χ1v) is 5.12. The number of carbonyl (C=O) groups is 1. The summed E-state index contributed by atoms with van der Waals surface area (Å²) in [5, 5.41) is 1.67. The highest BCUT2D eigenvalue weighted by Crippen LogP contribution is 2.28. The molecular formula is C12H11ClO2. The molecule has 0 saturated heterocycles. The fourth-order valence-electron chi connectivity index (χ4n) is 1.64. The van der Waals surface area contributed by atoms with E-state index in [1.165, 1.54) is 0 Å². The minimum atomic E-state index is 0.100. The molecule has 3 heteroatoms. The van der Waals surface area contributed by atoms with E-state index in [9.17, 15) is 4.79 Å². The van der Waals surface area contributed by atoms with Gasteiger partial charge >= 0.3 is 0 Å². The van der Waals surface area contributed by atoms with Crippen molar-refractivity contribution in [2.24, 2.45) is 0 Å². The summed E-state index contributed by atoms with van der Waals surface area (Å²) in [5.41, 5.74) is 1.79. The molecule has 0 aliphatic heterocycles. The minimum absolute atomic E-state index is 0.100. The van der Waals surface area contributed by atoms with Gasteiger partial charge in [-0.25, -0.2) is 0 Å². The van der Waals surface area contributed by atoms with Crippen molar-refractivity contribution in [3.05, 3.63) is 34.5 Å². The van der Waals surface area contributed by atoms with Gasteiger partial charge in [0.2, 0.25) is 0 Å². The Kier molecular flexibility index (Phi) is 2.53. The summed E-state index contributed by atoms with van der Waals surface area (Å²) < 4.78 is 5.59. The zero-order valence-corrected chi connectivity index (χ0v) is 9.39. The van der Waals surface area contributed by atoms with Crippen LogP contribution < -0.4 is 0 Å². The van der Waals surface area contributed by atoms with Crippen molar-refractivity contribution in [3.63, 3.8) is 0 Å². The Morgan fingerprint density at radius 1 is 1.47 bits per heavy atom. The number of benzene rings is 1. The van der Waals surface area contributed by atoms with E-state index in [2.05, 4.69) is 0 Å². The Labute approximate surface area is 92.8 Å². The number of aryl methyl sites for hydroxylation is 1. The molecule has 0 N–H and O–H groups in total. The highest BCUT2D eigenvalue weighted by Gasteiger charge is 2.11. The number of carbonyl (C=O) groups excluding carboxylic acids is 1. The van der Waals surface area contributed by atoms with Crippen molar-refractivity contribution in [3.8, 4) is 0 Å². The first-order valence-electron chi connectivity index (χ1n) is 4.75. The second-order valence-corrected chi connectivity index (χ2v) is 4.11. The van der Waals surface area contributed by atoms with Crippen LogP contribution in [0.3, 0.4) is 0 Å². The molecule has 0 bridgehead atoms. The molecule has 2 nitrogen and oxygen atoms in total. The number of rotatable bonds is 2. The summed E-state index contributed by atoms with van der Waals surface area (Å²) in [5.74, 6) is 0.836. The fraction of sp³-hybridized carbons (Fsp3) is 0.250. The zero-order chi connectivity index (χ0) is 11.0. The lowest BCUT2D eigenvalue weighted by Gasteiger charge is -1.92. The maximum Gasteiger partial charge on any atom is 0.137 e. The Hall–Kier alpha value is -1.28. The van der Waals surface area contributed by atoms with Crippen molar-refractivity contribution in [2.75, 3.05) is 0 Å². The smallest absolute Gasteiger partial charge is 0.137 e. The molecule has 0 aliphatic carbocycles. The highest BCUT2D eigenvalue weighted by atomic mass is 35.5. The monoisotopic (exact) mass is 222 g/mol. The number of ketones is 1. The maximum atomic E-state index is 11.0. The van der Waals surface area contributed by atoms with Crippen LogP contribution in [0, 0.1) is 6.92 Å². The molecule has 0 radical (unpaired) electrons. The van der Waals surface area contributed by atoms with Crippen LogP contribution in [-0.2, 0) is 11.2 Å². The van der Waals surface area contributed by atoms with Crippen LogP contribution in [0.25, 0.3) is 11.0 Å². The SMILES string of the molecule is CC(=O)Cc1oc2ccc(Cl)cc2c1C. The van der Waals surface area contributed by atoms with Crippen molar-refractivity contribution in [1.29, 1.82) is 0 Å². The predicted molar refractivity (Wildman–Crippen MR) is 60.3 cm³/mol. The second kappa shape index (κ2) is 3.70. The number of Topliss-reactive ketones (excluding diaryl/α,β-unsaturated/α-hetero) is 1. The second-order valence-electron chi connectivity index (χ2n) is 3.67. The molecule has 78 valence electrons. The standard InChI is InChI=1S/C12H11ClO2/c1-7(14)5-12-8(2)10-6-9(13)3-4-11(10)15-12/h3-4,6H,5H2,1-2H3. The molecule has 0 atom stereocenters. The summed E-state index contributed by atoms with van der Waals surface area (Å²) in [6, 6.07) is 5.47. The van der Waals surface area contributed by atoms with Gasteiger partial charge in [0, 0.05) is 10.4 Å². The van der Waals surface area contributed by atoms with Crippen LogP contribution in [0.5, 0.6) is 0 Å². The average Bonchev–Trinajstić information content (AvgIpc) is 2.44. The summed E-state index contributed by atoms with van der Waals surface area (Å²) in [6.45, 7) is 3.50. The van der Waals surface area contributed by atoms with Crippen molar-refractivity contribution in [2.45, 2.75) is 20.3 Å². The van der Waals surface area contributed by atoms with Crippen LogP contribution in [0.2, 0.25) is 5.02 Å². The summed E-state index contributed by atoms with van der Waals surface area (Å²) in [7, 11) is 0. The van der Waals surface area contributed by atoms with E-state index in [0.29, 0.717) is 11.4 Å². The number of hydrogen-bond acceptors (Lipinski definition) is 2. The van der Waals surface area contributed by atoms with Crippen LogP contribution in [0.15, 0.2) is 22.6 Å². The Morgan fingerprint density at radius 3 is 2.87 bits per heavy atom. The summed E-state index contributed by atoms with van der Waals surface area (Å²) in [4.78, 5) is 11.0. The molecule has 0 aliphatic rings. The normalized spacial score (nSPS) is 10.9. The molecule has 1 aromatic carbocycles. The average molecular weight is 223 g/mol. The number of hydrogen-bond donors (Lipinski definition) is 0. The zero-order valence-electron chi connectivity index (χ0n) is 8.63. The topological polar surface area (TPSA) is 30.2 Å². The molecule has 1 heterocycles. The molecule has 0 fully saturated rings. The van der Waals surface area contributed by atoms with Crippen molar-refractivity contribution in [1.82, 2.24) is 0 Å². The lowest BCUT2D eigenvalue weighted by atomic mass is 10.1. The Balaban J connectivity index is 2.59. The quantitative estimate of drug-likeness (QED) is 0.778. The van der Waals surface area contributed by atoms with E-state index in [4.69, 9.17) is 16.0 Å². The van der Waals surface area contributed by atoms with E-state index in [1.807, 2.05) is 19.1 Å². The van der Waals surface area contributed by atoms with Gasteiger partial charge in [0.15, 0.2) is 0 Å². The van der Waals surface area contributed by atoms with E-state index >= 15 is 0 Å². The van der Waals surface area contributed by atoms with Gasteiger partial charge in [-0.2, -0.15) is 0 Å². The van der Waals surface area contributed by atoms with Gasteiger partial charge in [-0.1, -0.05) is 11.6 Å². The van der Waals surface area contributed by atoms with E-state index < -0.39 is 0 Å². The van der Waals surface area contributed by atoms with Crippen LogP contribution in [0.4, 0.5) is 0 Å². The Bertz CT molecular complexity index is 526. The fourth-order valence-corrected chi connectivity index (χ4v) is 1.81. The molecule has 15 heavy (non-hydrogen) atoms. The van der Waals surface area contributed by atoms with Gasteiger partial charge in [-0.15, -0.1) is 0 Å². The van der Waals surface area contributed by atoms with Gasteiger partial charge in [-0.3, -0.25) is 4.79 Å². The molecule has 2 rings (SSSR count). The third kappa shape index (κ3) is 1.90. The minimum Gasteiger partial charge on any atom is -0.460 e. The van der Waals surface area contributed by atoms with Gasteiger partial charge < -0.3 is 4.42 Å². The molecule has 0 saturated carbocycles. The number of fused-ring (bicyclic) bond motifs is 1. The lowest BCUT2D eigenvalue weighted by Crippen LogP contribution is -1.95. The van der Waals surface area contributed by atoms with Crippen molar-refractivity contribution < 1.29 is 9.21 Å². The van der Waals surface area contributed by atoms with Crippen molar-refractivity contribution >= 4 is 28.4 Å². The third-order valence-electron chi connectivity index (χ3n) is 2.41. The van der Waals surface area contributed by atoms with Crippen LogP contribution in [-0.4, -0.2) is 5.78 Å². The molecule has 0 amide bonds. The largest absolute Gasteiger partial charge is 0.460 e. The van der Waals surface area contributed by atoms with Gasteiger partial charge in [0.1, 0.15) is 17.1 Å². The number of halogens is 1. The maximum absolute atomic E-state index is 11.0. The third-order valence-corrected chi connectivity index (χ3v) is 2.64. The molecule has 2 aromatic rings. The first kappa shape index (κ1) is 10.2. The summed E-state index contributed by atoms with van der Waals surface area (Å²) in [6.07, 6.45) is 0.345. The van der Waals surface area contributed by atoms with E-state index in [0.717, 1.165) is 22.3 Å². The van der Waals surface area contributed by atoms with Gasteiger partial charge in [0.25, 0.3) is 0 Å². The summed E-state index contributed by atoms with van der Waals surface area (Å²) >= 11 is 5.90. The van der Waals surface area contributed by atoms with E-state index in [1.54, 1.807) is 13.0 Å². The van der Waals surface area contributed by atoms with Crippen LogP contribution >= 0.6 is 11.6 Å². The van der Waals surface area contributed by atoms with Crippen LogP contribution in [0.1, 0.15) is 18.2 Å². The lowest BCUT2D eigenvalue weighted by molar-refractivity contribution is -0.116. The highest BCUT2D eigenvalue weighted by molar-refractivity contribution is 6.31. The first-order chi connectivity index (χ1) is 7.08. The van der Waals surface area contributed by atoms with E-state index in [-0.39, 0.29) is 5.78 Å². The Morgan fingerprint density at radius 2 is 2.20 bits per heavy atom. The molecular weight excluding hydrogens is 212 g/mol.